The highest BCUT2D eigenvalue weighted by Gasteiger charge is 2.46. The predicted octanol–water partition coefficient (Wildman–Crippen LogP) is 5.19. The Hall–Kier alpha value is -2.91. The molecule has 2 aromatic rings. The number of benzene rings is 1. The van der Waals surface area contributed by atoms with Crippen LogP contribution in [0.2, 0.25) is 5.02 Å². The van der Waals surface area contributed by atoms with Crippen LogP contribution in [-0.4, -0.2) is 40.6 Å². The lowest BCUT2D eigenvalue weighted by Gasteiger charge is -2.34. The molecule has 2 unspecified atom stereocenters. The van der Waals surface area contributed by atoms with Gasteiger partial charge in [-0.2, -0.15) is 10.4 Å². The normalized spacial score (nSPS) is 24.1. The molecule has 1 saturated carbocycles. The third kappa shape index (κ3) is 3.58. The number of hydrogen-bond donors (Lipinski definition) is 0. The van der Waals surface area contributed by atoms with Crippen molar-refractivity contribution in [2.45, 2.75) is 57.4 Å². The van der Waals surface area contributed by atoms with Crippen LogP contribution in [0.1, 0.15) is 72.3 Å². The van der Waals surface area contributed by atoms with Crippen molar-refractivity contribution in [3.8, 4) is 6.07 Å². The van der Waals surface area contributed by atoms with E-state index >= 15 is 0 Å². The number of pyridine rings is 1. The molecule has 0 N–H and O–H groups in total. The Morgan fingerprint density at radius 3 is 2.59 bits per heavy atom. The molecule has 4 aliphatic rings. The molecule has 6 rings (SSSR count). The number of carbonyl (C=O) groups is 1. The first kappa shape index (κ1) is 21.6. The maximum atomic E-state index is 12.9. The number of amides is 1. The minimum Gasteiger partial charge on any atom is -0.337 e. The van der Waals surface area contributed by atoms with Crippen molar-refractivity contribution in [3.05, 3.63) is 57.9 Å². The molecule has 1 saturated heterocycles. The van der Waals surface area contributed by atoms with Gasteiger partial charge in [0.05, 0.1) is 33.7 Å². The van der Waals surface area contributed by atoms with E-state index in [2.05, 4.69) is 17.1 Å². The second-order valence-corrected chi connectivity index (χ2v) is 10.4. The van der Waals surface area contributed by atoms with Crippen LogP contribution in [0.3, 0.4) is 0 Å². The molecule has 3 heterocycles. The third-order valence-electron chi connectivity index (χ3n) is 8.04. The molecular formula is C27H28ClN5O. The van der Waals surface area contributed by atoms with Crippen LogP contribution in [0, 0.1) is 23.2 Å². The van der Waals surface area contributed by atoms with Crippen molar-refractivity contribution in [1.82, 2.24) is 9.88 Å². The number of aryl methyl sites for hydroxylation is 1. The van der Waals surface area contributed by atoms with Gasteiger partial charge in [0.25, 0.3) is 5.91 Å². The van der Waals surface area contributed by atoms with Crippen LogP contribution < -0.4 is 5.01 Å². The van der Waals surface area contributed by atoms with Gasteiger partial charge >= 0.3 is 0 Å². The van der Waals surface area contributed by atoms with Gasteiger partial charge in [-0.05, 0) is 74.8 Å². The van der Waals surface area contributed by atoms with Crippen molar-refractivity contribution >= 4 is 28.9 Å². The molecule has 174 valence electrons. The summed E-state index contributed by atoms with van der Waals surface area (Å²) in [5.74, 6) is 0.978. The minimum absolute atomic E-state index is 0.0495. The first-order chi connectivity index (χ1) is 16.6. The molecule has 1 aromatic heterocycles. The second-order valence-electron chi connectivity index (χ2n) is 9.98. The number of anilines is 1. The molecular weight excluding hydrogens is 446 g/mol. The quantitative estimate of drug-likeness (QED) is 0.615. The average Bonchev–Trinajstić information content (AvgIpc) is 3.63. The van der Waals surface area contributed by atoms with Gasteiger partial charge in [0.1, 0.15) is 11.8 Å². The van der Waals surface area contributed by atoms with Crippen LogP contribution in [0.4, 0.5) is 5.69 Å². The molecule has 2 aliphatic heterocycles. The lowest BCUT2D eigenvalue weighted by Crippen LogP contribution is -2.41. The van der Waals surface area contributed by atoms with Gasteiger partial charge in [0.15, 0.2) is 0 Å². The molecule has 0 radical (unpaired) electrons. The summed E-state index contributed by atoms with van der Waals surface area (Å²) < 4.78 is 0. The second kappa shape index (κ2) is 8.70. The number of likely N-dealkylation sites (tertiary alicyclic amines) is 1. The fourth-order valence-electron chi connectivity index (χ4n) is 6.36. The number of carbonyl (C=O) groups excluding carboxylic acids is 1. The minimum atomic E-state index is 0.0495. The van der Waals surface area contributed by atoms with Gasteiger partial charge in [-0.25, -0.2) is 4.98 Å². The highest BCUT2D eigenvalue weighted by atomic mass is 35.5. The third-order valence-corrected chi connectivity index (χ3v) is 8.35. The highest BCUT2D eigenvalue weighted by molar-refractivity contribution is 6.32. The van der Waals surface area contributed by atoms with Gasteiger partial charge in [-0.3, -0.25) is 9.80 Å². The molecule has 0 bridgehead atoms. The van der Waals surface area contributed by atoms with Crippen LogP contribution >= 0.6 is 11.6 Å². The zero-order chi connectivity index (χ0) is 23.2. The van der Waals surface area contributed by atoms with Crippen molar-refractivity contribution in [1.29, 1.82) is 5.26 Å². The van der Waals surface area contributed by atoms with E-state index in [0.717, 1.165) is 61.4 Å². The Labute approximate surface area is 205 Å². The number of aromatic nitrogens is 1. The maximum Gasteiger partial charge on any atom is 0.272 e. The summed E-state index contributed by atoms with van der Waals surface area (Å²) in [7, 11) is 0. The predicted molar refractivity (Wildman–Crippen MR) is 132 cm³/mol. The first-order valence-electron chi connectivity index (χ1n) is 12.5. The molecule has 6 nitrogen and oxygen atoms in total. The Morgan fingerprint density at radius 1 is 1.06 bits per heavy atom. The molecule has 2 fully saturated rings. The smallest absolute Gasteiger partial charge is 0.272 e. The number of hydrazone groups is 1. The summed E-state index contributed by atoms with van der Waals surface area (Å²) in [6, 6.07) is 12.0. The lowest BCUT2D eigenvalue weighted by atomic mass is 9.76. The van der Waals surface area contributed by atoms with E-state index in [1.165, 1.54) is 25.7 Å². The topological polar surface area (TPSA) is 72.6 Å². The number of halogens is 1. The van der Waals surface area contributed by atoms with Gasteiger partial charge < -0.3 is 4.90 Å². The van der Waals surface area contributed by atoms with Crippen molar-refractivity contribution in [3.63, 3.8) is 0 Å². The van der Waals surface area contributed by atoms with Crippen LogP contribution in [0.5, 0.6) is 0 Å². The summed E-state index contributed by atoms with van der Waals surface area (Å²) >= 11 is 6.41. The maximum absolute atomic E-state index is 12.9. The summed E-state index contributed by atoms with van der Waals surface area (Å²) in [5.41, 5.74) is 5.14. The molecule has 0 spiro atoms. The zero-order valence-corrected chi connectivity index (χ0v) is 20.0. The fourth-order valence-corrected chi connectivity index (χ4v) is 6.58. The van der Waals surface area contributed by atoms with E-state index in [4.69, 9.17) is 21.7 Å². The summed E-state index contributed by atoms with van der Waals surface area (Å²) in [6.07, 6.45) is 8.99. The molecule has 1 aromatic carbocycles. The van der Waals surface area contributed by atoms with E-state index in [0.29, 0.717) is 34.2 Å². The molecule has 34 heavy (non-hydrogen) atoms. The van der Waals surface area contributed by atoms with Crippen LogP contribution in [0.25, 0.3) is 0 Å². The average molecular weight is 474 g/mol. The lowest BCUT2D eigenvalue weighted by molar-refractivity contribution is 0.0786. The molecule has 7 heteroatoms. The summed E-state index contributed by atoms with van der Waals surface area (Å²) in [6.45, 7) is 1.66. The van der Waals surface area contributed by atoms with Crippen LogP contribution in [-0.2, 0) is 6.42 Å². The number of nitrogens with zero attached hydrogens (tertiary/aromatic N) is 5. The number of hydrogen-bond acceptors (Lipinski definition) is 5. The number of nitriles is 1. The SMILES string of the molecule is N#Cc1ccc(N2N=C3c4ccc(C(=O)N5CCCC5)nc4CCC3C2C2CCCC2)cc1Cl. The first-order valence-corrected chi connectivity index (χ1v) is 12.9. The number of fused-ring (bicyclic) bond motifs is 3. The van der Waals surface area contributed by atoms with E-state index in [1.54, 1.807) is 6.07 Å². The van der Waals surface area contributed by atoms with Crippen LogP contribution in [0.15, 0.2) is 35.4 Å². The molecule has 2 atom stereocenters. The van der Waals surface area contributed by atoms with E-state index in [-0.39, 0.29) is 5.91 Å². The summed E-state index contributed by atoms with van der Waals surface area (Å²) in [5, 5.41) is 17.1. The monoisotopic (exact) mass is 473 g/mol. The van der Waals surface area contributed by atoms with E-state index in [1.807, 2.05) is 23.1 Å². The largest absolute Gasteiger partial charge is 0.337 e. The van der Waals surface area contributed by atoms with Gasteiger partial charge in [0.2, 0.25) is 0 Å². The van der Waals surface area contributed by atoms with Gasteiger partial charge in [-0.15, -0.1) is 0 Å². The van der Waals surface area contributed by atoms with Gasteiger partial charge in [0, 0.05) is 24.6 Å². The van der Waals surface area contributed by atoms with Crippen molar-refractivity contribution in [2.75, 3.05) is 18.1 Å². The van der Waals surface area contributed by atoms with Crippen molar-refractivity contribution < 1.29 is 4.79 Å². The van der Waals surface area contributed by atoms with E-state index in [9.17, 15) is 10.1 Å². The molecule has 1 amide bonds. The Morgan fingerprint density at radius 2 is 1.85 bits per heavy atom. The Kier molecular flexibility index (Phi) is 5.53. The van der Waals surface area contributed by atoms with Crippen molar-refractivity contribution in [2.24, 2.45) is 16.9 Å². The molecule has 2 aliphatic carbocycles. The summed E-state index contributed by atoms with van der Waals surface area (Å²) in [4.78, 5) is 19.6. The van der Waals surface area contributed by atoms with Gasteiger partial charge in [-0.1, -0.05) is 24.4 Å². The highest BCUT2D eigenvalue weighted by Crippen LogP contribution is 2.45. The number of rotatable bonds is 3. The fraction of sp³-hybridized carbons (Fsp3) is 0.481. The standard InChI is InChI=1S/C27H28ClN5O/c28-22-15-19(8-7-18(22)16-29)33-26(17-5-1-2-6-17)21-10-11-23-20(25(21)31-33)9-12-24(30-23)27(34)32-13-3-4-14-32/h7-9,12,15,17,21,26H,1-6,10-11,13-14H2. The zero-order valence-electron chi connectivity index (χ0n) is 19.2. The Balaban J connectivity index is 1.37. The Bertz CT molecular complexity index is 1210. The van der Waals surface area contributed by atoms with E-state index < -0.39 is 0 Å².